The Hall–Kier alpha value is -5.50. The van der Waals surface area contributed by atoms with Gasteiger partial charge in [0.1, 0.15) is 28.9 Å². The van der Waals surface area contributed by atoms with Crippen LogP contribution in [0.1, 0.15) is 35.5 Å². The molecule has 0 aliphatic carbocycles. The lowest BCUT2D eigenvalue weighted by atomic mass is 10.0. The molecule has 1 unspecified atom stereocenters. The van der Waals surface area contributed by atoms with Gasteiger partial charge in [-0.15, -0.1) is 0 Å². The van der Waals surface area contributed by atoms with Crippen LogP contribution in [0, 0.1) is 22.7 Å². The number of hydrogen-bond donors (Lipinski definition) is 2. The van der Waals surface area contributed by atoms with Crippen molar-refractivity contribution in [3.05, 3.63) is 65.6 Å². The summed E-state index contributed by atoms with van der Waals surface area (Å²) in [6, 6.07) is 7.04. The second-order valence-electron chi connectivity index (χ2n) is 8.17. The van der Waals surface area contributed by atoms with Crippen molar-refractivity contribution >= 4 is 28.0 Å². The van der Waals surface area contributed by atoms with E-state index in [1.807, 2.05) is 12.1 Å². The molecule has 1 atom stereocenters. The standard InChI is InChI=1S/C25H15F3N8O3/c1-2-39-19-4-3-12(5-14(19)25(26,27)28)15-6-18-21(17(8-30)35-15)34-11-36(18)23(24(37)38)13-9-31-16(7-29)22-20(13)32-10-33-22/h3-6,9-11,23H,2H2,1H3,(H,32,33)(H,37,38). The van der Waals surface area contributed by atoms with Gasteiger partial charge in [-0.2, -0.15) is 23.7 Å². The summed E-state index contributed by atoms with van der Waals surface area (Å²) in [6.07, 6.45) is -1.04. The number of hydrogen-bond acceptors (Lipinski definition) is 8. The number of ether oxygens (including phenoxy) is 1. The fourth-order valence-electron chi connectivity index (χ4n) is 4.30. The molecule has 14 heteroatoms. The van der Waals surface area contributed by atoms with Crippen molar-refractivity contribution in [2.45, 2.75) is 19.1 Å². The second kappa shape index (κ2) is 9.42. The van der Waals surface area contributed by atoms with Crippen molar-refractivity contribution in [2.24, 2.45) is 0 Å². The first kappa shape index (κ1) is 25.2. The molecule has 5 rings (SSSR count). The van der Waals surface area contributed by atoms with Gasteiger partial charge in [-0.25, -0.2) is 24.7 Å². The maximum absolute atomic E-state index is 13.8. The summed E-state index contributed by atoms with van der Waals surface area (Å²) in [4.78, 5) is 31.8. The van der Waals surface area contributed by atoms with E-state index in [1.165, 1.54) is 35.6 Å². The topological polar surface area (TPSA) is 166 Å². The third-order valence-electron chi connectivity index (χ3n) is 5.94. The molecule has 0 spiro atoms. The zero-order chi connectivity index (χ0) is 27.9. The Labute approximate surface area is 216 Å². The summed E-state index contributed by atoms with van der Waals surface area (Å²) < 4.78 is 47.6. The molecule has 0 aliphatic heterocycles. The highest BCUT2D eigenvalue weighted by molar-refractivity contribution is 5.91. The molecule has 4 aromatic heterocycles. The minimum absolute atomic E-state index is 0.0126. The number of nitrogens with zero attached hydrogens (tertiary/aromatic N) is 7. The number of fused-ring (bicyclic) bond motifs is 2. The molecule has 0 amide bonds. The molecule has 0 saturated carbocycles. The number of nitriles is 2. The number of carboxylic acid groups (broad SMARTS) is 1. The van der Waals surface area contributed by atoms with E-state index in [9.17, 15) is 33.6 Å². The molecule has 0 fully saturated rings. The summed E-state index contributed by atoms with van der Waals surface area (Å²) in [5.74, 6) is -1.69. The van der Waals surface area contributed by atoms with Crippen LogP contribution in [0.25, 0.3) is 33.3 Å². The smallest absolute Gasteiger partial charge is 0.419 e. The van der Waals surface area contributed by atoms with E-state index in [4.69, 9.17) is 4.74 Å². The van der Waals surface area contributed by atoms with Gasteiger partial charge in [0, 0.05) is 17.3 Å². The first-order valence-corrected chi connectivity index (χ1v) is 11.2. The Morgan fingerprint density at radius 3 is 2.59 bits per heavy atom. The van der Waals surface area contributed by atoms with Gasteiger partial charge >= 0.3 is 12.1 Å². The number of halogens is 3. The molecule has 4 heterocycles. The number of carbonyl (C=O) groups is 1. The lowest BCUT2D eigenvalue weighted by molar-refractivity contribution is -0.140. The molecule has 2 N–H and O–H groups in total. The normalized spacial score (nSPS) is 12.3. The van der Waals surface area contributed by atoms with Gasteiger partial charge in [0.05, 0.1) is 41.6 Å². The lowest BCUT2D eigenvalue weighted by Crippen LogP contribution is -2.20. The molecule has 0 saturated heterocycles. The van der Waals surface area contributed by atoms with Crippen LogP contribution in [0.15, 0.2) is 43.1 Å². The van der Waals surface area contributed by atoms with Crippen LogP contribution < -0.4 is 4.74 Å². The monoisotopic (exact) mass is 532 g/mol. The Morgan fingerprint density at radius 1 is 1.15 bits per heavy atom. The van der Waals surface area contributed by atoms with E-state index in [-0.39, 0.29) is 62.6 Å². The molecule has 1 aromatic carbocycles. The number of H-pyrrole nitrogens is 1. The van der Waals surface area contributed by atoms with Crippen molar-refractivity contribution in [1.29, 1.82) is 10.5 Å². The van der Waals surface area contributed by atoms with Gasteiger partial charge in [0.15, 0.2) is 17.4 Å². The fraction of sp³-hybridized carbons (Fsp3) is 0.160. The average Bonchev–Trinajstić information content (AvgIpc) is 3.56. The Balaban J connectivity index is 1.73. The van der Waals surface area contributed by atoms with E-state index < -0.39 is 23.8 Å². The van der Waals surface area contributed by atoms with Crippen LogP contribution >= 0.6 is 0 Å². The number of alkyl halides is 3. The van der Waals surface area contributed by atoms with Gasteiger partial charge in [0.25, 0.3) is 0 Å². The van der Waals surface area contributed by atoms with Gasteiger partial charge in [-0.1, -0.05) is 0 Å². The Kier molecular flexibility index (Phi) is 6.08. The maximum atomic E-state index is 13.8. The van der Waals surface area contributed by atoms with E-state index in [1.54, 1.807) is 6.92 Å². The van der Waals surface area contributed by atoms with Crippen LogP contribution in [-0.2, 0) is 11.0 Å². The van der Waals surface area contributed by atoms with Gasteiger partial charge in [-0.05, 0) is 31.2 Å². The predicted molar refractivity (Wildman–Crippen MR) is 128 cm³/mol. The van der Waals surface area contributed by atoms with Crippen LogP contribution in [0.5, 0.6) is 5.75 Å². The van der Waals surface area contributed by atoms with E-state index in [0.29, 0.717) is 0 Å². The lowest BCUT2D eigenvalue weighted by Gasteiger charge is -2.17. The molecule has 0 radical (unpaired) electrons. The molecule has 5 aromatic rings. The number of benzene rings is 1. The molecular formula is C25H15F3N8O3. The molecular weight excluding hydrogens is 517 g/mol. The van der Waals surface area contributed by atoms with Crippen LogP contribution in [0.4, 0.5) is 13.2 Å². The van der Waals surface area contributed by atoms with E-state index in [0.717, 1.165) is 12.1 Å². The van der Waals surface area contributed by atoms with E-state index in [2.05, 4.69) is 24.9 Å². The summed E-state index contributed by atoms with van der Waals surface area (Å²) >= 11 is 0. The number of pyridine rings is 2. The molecule has 11 nitrogen and oxygen atoms in total. The first-order valence-electron chi connectivity index (χ1n) is 11.2. The maximum Gasteiger partial charge on any atom is 0.419 e. The highest BCUT2D eigenvalue weighted by atomic mass is 19.4. The highest BCUT2D eigenvalue weighted by Gasteiger charge is 2.35. The largest absolute Gasteiger partial charge is 0.493 e. The number of aromatic nitrogens is 6. The zero-order valence-electron chi connectivity index (χ0n) is 19.9. The first-order chi connectivity index (χ1) is 18.7. The molecule has 39 heavy (non-hydrogen) atoms. The van der Waals surface area contributed by atoms with Crippen molar-refractivity contribution in [3.8, 4) is 29.1 Å². The Bertz CT molecular complexity index is 1850. The van der Waals surface area contributed by atoms with Crippen molar-refractivity contribution < 1.29 is 27.8 Å². The molecule has 194 valence electrons. The van der Waals surface area contributed by atoms with Crippen molar-refractivity contribution in [1.82, 2.24) is 29.5 Å². The van der Waals surface area contributed by atoms with Crippen LogP contribution in [0.2, 0.25) is 0 Å². The number of nitrogens with one attached hydrogen (secondary N) is 1. The number of aliphatic carboxylic acids is 1. The second-order valence-corrected chi connectivity index (χ2v) is 8.17. The fourth-order valence-corrected chi connectivity index (χ4v) is 4.30. The van der Waals surface area contributed by atoms with E-state index >= 15 is 0 Å². The predicted octanol–water partition coefficient (Wildman–Crippen LogP) is 4.20. The Morgan fingerprint density at radius 2 is 1.92 bits per heavy atom. The summed E-state index contributed by atoms with van der Waals surface area (Å²) in [5.41, 5.74) is -0.491. The van der Waals surface area contributed by atoms with Gasteiger partial charge < -0.3 is 19.4 Å². The van der Waals surface area contributed by atoms with Crippen molar-refractivity contribution in [2.75, 3.05) is 6.61 Å². The third kappa shape index (κ3) is 4.23. The van der Waals surface area contributed by atoms with Gasteiger partial charge in [0.2, 0.25) is 0 Å². The van der Waals surface area contributed by atoms with Crippen molar-refractivity contribution in [3.63, 3.8) is 0 Å². The quantitative estimate of drug-likeness (QED) is 0.326. The number of aromatic amines is 1. The summed E-state index contributed by atoms with van der Waals surface area (Å²) in [6.45, 7) is 1.58. The van der Waals surface area contributed by atoms with Gasteiger partial charge in [-0.3, -0.25) is 0 Å². The number of imidazole rings is 2. The molecule has 0 aliphatic rings. The SMILES string of the molecule is CCOc1ccc(-c2cc3c(ncn3C(C(=O)O)c3cnc(C#N)c4[nH]cnc34)c(C#N)n2)cc1C(F)(F)F. The highest BCUT2D eigenvalue weighted by Crippen LogP contribution is 2.39. The van der Waals surface area contributed by atoms with Crippen LogP contribution in [0.3, 0.4) is 0 Å². The minimum atomic E-state index is -4.73. The number of carboxylic acids is 1. The zero-order valence-corrected chi connectivity index (χ0v) is 19.9. The number of rotatable bonds is 6. The average molecular weight is 532 g/mol. The minimum Gasteiger partial charge on any atom is -0.493 e. The third-order valence-corrected chi connectivity index (χ3v) is 5.94. The van der Waals surface area contributed by atoms with Crippen LogP contribution in [-0.4, -0.2) is 47.2 Å². The summed E-state index contributed by atoms with van der Waals surface area (Å²) in [5, 5.41) is 29.2. The summed E-state index contributed by atoms with van der Waals surface area (Å²) in [7, 11) is 0. The molecule has 0 bridgehead atoms.